The standard InChI is InChI=1S/C18H12F2N4OS2/c1-10(27-16-6-11(8-21)4-5-22-16)17(25)24-18-23-15(9-26-18)12-2-3-13(19)14(20)7-12/h2-7,9-10H,1H3,(H,23,24,25). The minimum Gasteiger partial charge on any atom is -0.301 e. The van der Waals surface area contributed by atoms with E-state index in [0.29, 0.717) is 27.0 Å². The van der Waals surface area contributed by atoms with E-state index in [9.17, 15) is 13.6 Å². The van der Waals surface area contributed by atoms with Crippen LogP contribution in [0.1, 0.15) is 12.5 Å². The number of anilines is 1. The highest BCUT2D eigenvalue weighted by Crippen LogP contribution is 2.27. The number of hydrogen-bond donors (Lipinski definition) is 1. The zero-order chi connectivity index (χ0) is 19.4. The summed E-state index contributed by atoms with van der Waals surface area (Å²) in [4.78, 5) is 20.7. The Bertz CT molecular complexity index is 1030. The molecule has 0 aliphatic carbocycles. The Morgan fingerprint density at radius 1 is 1.30 bits per heavy atom. The summed E-state index contributed by atoms with van der Waals surface area (Å²) >= 11 is 2.40. The number of halogens is 2. The molecule has 3 rings (SSSR count). The van der Waals surface area contributed by atoms with Crippen LogP contribution in [0.2, 0.25) is 0 Å². The molecule has 9 heteroatoms. The van der Waals surface area contributed by atoms with Gasteiger partial charge < -0.3 is 5.32 Å². The molecule has 2 heterocycles. The second-order valence-corrected chi connectivity index (χ2v) is 7.63. The highest BCUT2D eigenvalue weighted by Gasteiger charge is 2.17. The van der Waals surface area contributed by atoms with Crippen molar-refractivity contribution in [1.29, 1.82) is 5.26 Å². The number of thiazole rings is 1. The van der Waals surface area contributed by atoms with E-state index in [1.165, 1.54) is 35.4 Å². The fourth-order valence-electron chi connectivity index (χ4n) is 2.10. The van der Waals surface area contributed by atoms with Gasteiger partial charge >= 0.3 is 0 Å². The van der Waals surface area contributed by atoms with E-state index < -0.39 is 16.9 Å². The molecule has 2 aromatic heterocycles. The lowest BCUT2D eigenvalue weighted by molar-refractivity contribution is -0.115. The first-order chi connectivity index (χ1) is 13.0. The lowest BCUT2D eigenvalue weighted by Gasteiger charge is -2.09. The third kappa shape index (κ3) is 4.67. The Balaban J connectivity index is 1.66. The Morgan fingerprint density at radius 2 is 2.11 bits per heavy atom. The molecule has 5 nitrogen and oxygen atoms in total. The van der Waals surface area contributed by atoms with Crippen molar-refractivity contribution in [3.05, 3.63) is 59.1 Å². The minimum atomic E-state index is -0.955. The Hall–Kier alpha value is -2.83. The molecule has 1 unspecified atom stereocenters. The van der Waals surface area contributed by atoms with Gasteiger partial charge in [-0.2, -0.15) is 5.26 Å². The van der Waals surface area contributed by atoms with Crippen molar-refractivity contribution < 1.29 is 13.6 Å². The van der Waals surface area contributed by atoms with Gasteiger partial charge in [0, 0.05) is 17.1 Å². The first-order valence-corrected chi connectivity index (χ1v) is 9.47. The summed E-state index contributed by atoms with van der Waals surface area (Å²) in [5.74, 6) is -2.17. The summed E-state index contributed by atoms with van der Waals surface area (Å²) in [6.45, 7) is 1.71. The predicted molar refractivity (Wildman–Crippen MR) is 100 cm³/mol. The first kappa shape index (κ1) is 18.9. The van der Waals surface area contributed by atoms with Crippen LogP contribution in [0.3, 0.4) is 0 Å². The molecule has 0 fully saturated rings. The molecule has 27 heavy (non-hydrogen) atoms. The summed E-state index contributed by atoms with van der Waals surface area (Å²) in [7, 11) is 0. The Kier molecular flexibility index (Phi) is 5.78. The first-order valence-electron chi connectivity index (χ1n) is 7.71. The van der Waals surface area contributed by atoms with Crippen LogP contribution in [0.4, 0.5) is 13.9 Å². The molecule has 1 aromatic carbocycles. The van der Waals surface area contributed by atoms with Gasteiger partial charge in [-0.3, -0.25) is 4.79 Å². The topological polar surface area (TPSA) is 78.7 Å². The van der Waals surface area contributed by atoms with Gasteiger partial charge in [0.15, 0.2) is 16.8 Å². The van der Waals surface area contributed by atoms with E-state index >= 15 is 0 Å². The number of pyridine rings is 1. The average molecular weight is 402 g/mol. The van der Waals surface area contributed by atoms with Crippen LogP contribution in [0.25, 0.3) is 11.3 Å². The highest BCUT2D eigenvalue weighted by atomic mass is 32.2. The SMILES string of the molecule is CC(Sc1cc(C#N)ccn1)C(=O)Nc1nc(-c2ccc(F)c(F)c2)cs1. The van der Waals surface area contributed by atoms with Crippen LogP contribution >= 0.6 is 23.1 Å². The molecule has 0 radical (unpaired) electrons. The Morgan fingerprint density at radius 3 is 2.85 bits per heavy atom. The molecule has 0 aliphatic heterocycles. The third-order valence-electron chi connectivity index (χ3n) is 3.48. The van der Waals surface area contributed by atoms with Gasteiger partial charge in [0.05, 0.1) is 27.6 Å². The molecule has 1 atom stereocenters. The fraction of sp³-hybridized carbons (Fsp3) is 0.111. The lowest BCUT2D eigenvalue weighted by Crippen LogP contribution is -2.22. The summed E-state index contributed by atoms with van der Waals surface area (Å²) < 4.78 is 26.4. The summed E-state index contributed by atoms with van der Waals surface area (Å²) in [6.07, 6.45) is 1.51. The normalized spacial score (nSPS) is 11.6. The number of nitriles is 1. The van der Waals surface area contributed by atoms with Crippen molar-refractivity contribution in [2.75, 3.05) is 5.32 Å². The fourth-order valence-corrected chi connectivity index (χ4v) is 3.67. The number of carbonyl (C=O) groups excluding carboxylic acids is 1. The second kappa shape index (κ2) is 8.24. The molecule has 0 bridgehead atoms. The molecule has 0 saturated heterocycles. The van der Waals surface area contributed by atoms with Gasteiger partial charge in [0.25, 0.3) is 0 Å². The van der Waals surface area contributed by atoms with E-state index in [0.717, 1.165) is 12.1 Å². The van der Waals surface area contributed by atoms with Crippen LogP contribution in [0, 0.1) is 23.0 Å². The van der Waals surface area contributed by atoms with E-state index in [4.69, 9.17) is 5.26 Å². The molecule has 0 saturated carbocycles. The number of rotatable bonds is 5. The molecule has 0 aliphatic rings. The van der Waals surface area contributed by atoms with Crippen molar-refractivity contribution in [2.45, 2.75) is 17.2 Å². The maximum Gasteiger partial charge on any atom is 0.239 e. The van der Waals surface area contributed by atoms with Gasteiger partial charge in [-0.15, -0.1) is 11.3 Å². The summed E-state index contributed by atoms with van der Waals surface area (Å²) in [5.41, 5.74) is 1.33. The van der Waals surface area contributed by atoms with Gasteiger partial charge in [-0.25, -0.2) is 18.7 Å². The van der Waals surface area contributed by atoms with Crippen LogP contribution in [-0.4, -0.2) is 21.1 Å². The Labute approximate surface area is 162 Å². The quantitative estimate of drug-likeness (QED) is 0.637. The van der Waals surface area contributed by atoms with E-state index in [2.05, 4.69) is 15.3 Å². The number of thioether (sulfide) groups is 1. The number of carbonyl (C=O) groups is 1. The lowest BCUT2D eigenvalue weighted by atomic mass is 10.2. The molecule has 1 amide bonds. The number of benzene rings is 1. The maximum absolute atomic E-state index is 13.4. The van der Waals surface area contributed by atoms with Crippen LogP contribution in [-0.2, 0) is 4.79 Å². The average Bonchev–Trinajstić information content (AvgIpc) is 3.12. The largest absolute Gasteiger partial charge is 0.301 e. The van der Waals surface area contributed by atoms with Gasteiger partial charge in [0.2, 0.25) is 5.91 Å². The van der Waals surface area contributed by atoms with E-state index in [1.807, 2.05) is 6.07 Å². The number of aromatic nitrogens is 2. The van der Waals surface area contributed by atoms with Crippen molar-refractivity contribution in [3.8, 4) is 17.3 Å². The number of nitrogens with one attached hydrogen (secondary N) is 1. The van der Waals surface area contributed by atoms with Crippen molar-refractivity contribution in [3.63, 3.8) is 0 Å². The highest BCUT2D eigenvalue weighted by molar-refractivity contribution is 8.00. The summed E-state index contributed by atoms with van der Waals surface area (Å²) in [5, 5.41) is 13.7. The zero-order valence-electron chi connectivity index (χ0n) is 13.9. The van der Waals surface area contributed by atoms with Gasteiger partial charge in [0.1, 0.15) is 0 Å². The number of amides is 1. The predicted octanol–water partition coefficient (Wildman–Crippen LogP) is 4.47. The molecule has 0 spiro atoms. The number of hydrogen-bond acceptors (Lipinski definition) is 6. The van der Waals surface area contributed by atoms with E-state index in [1.54, 1.807) is 24.4 Å². The monoisotopic (exact) mass is 402 g/mol. The van der Waals surface area contributed by atoms with Gasteiger partial charge in [-0.05, 0) is 37.3 Å². The molecular weight excluding hydrogens is 390 g/mol. The smallest absolute Gasteiger partial charge is 0.239 e. The molecule has 1 N–H and O–H groups in total. The maximum atomic E-state index is 13.4. The van der Waals surface area contributed by atoms with Crippen LogP contribution in [0.5, 0.6) is 0 Å². The second-order valence-electron chi connectivity index (χ2n) is 5.41. The minimum absolute atomic E-state index is 0.282. The summed E-state index contributed by atoms with van der Waals surface area (Å²) in [6, 6.07) is 8.73. The van der Waals surface area contributed by atoms with Crippen molar-refractivity contribution >= 4 is 34.1 Å². The van der Waals surface area contributed by atoms with Crippen LogP contribution in [0.15, 0.2) is 46.9 Å². The van der Waals surface area contributed by atoms with Crippen LogP contribution < -0.4 is 5.32 Å². The zero-order valence-corrected chi connectivity index (χ0v) is 15.6. The third-order valence-corrected chi connectivity index (χ3v) is 5.27. The molecule has 136 valence electrons. The molecular formula is C18H12F2N4OS2. The van der Waals surface area contributed by atoms with Crippen molar-refractivity contribution in [1.82, 2.24) is 9.97 Å². The van der Waals surface area contributed by atoms with E-state index in [-0.39, 0.29) is 5.91 Å². The van der Waals surface area contributed by atoms with Gasteiger partial charge in [-0.1, -0.05) is 11.8 Å². The number of nitrogens with zero attached hydrogens (tertiary/aromatic N) is 3. The molecule has 3 aromatic rings. The van der Waals surface area contributed by atoms with Crippen molar-refractivity contribution in [2.24, 2.45) is 0 Å².